The Labute approximate surface area is 110 Å². The lowest BCUT2D eigenvalue weighted by Gasteiger charge is -2.23. The van der Waals surface area contributed by atoms with E-state index in [1.165, 1.54) is 0 Å². The van der Waals surface area contributed by atoms with Gasteiger partial charge in [0.25, 0.3) is 0 Å². The zero-order valence-corrected chi connectivity index (χ0v) is 11.0. The highest BCUT2D eigenvalue weighted by atomic mass is 32.2. The Morgan fingerprint density at radius 2 is 1.94 bits per heavy atom. The molecule has 1 aromatic rings. The second-order valence-electron chi connectivity index (χ2n) is 4.59. The van der Waals surface area contributed by atoms with Gasteiger partial charge in [-0.1, -0.05) is 0 Å². The lowest BCUT2D eigenvalue weighted by Crippen LogP contribution is -2.36. The first-order valence-corrected chi connectivity index (χ1v) is 7.78. The summed E-state index contributed by atoms with van der Waals surface area (Å²) in [5.41, 5.74) is 0.801. The van der Waals surface area contributed by atoms with Gasteiger partial charge in [0.2, 0.25) is 0 Å². The van der Waals surface area contributed by atoms with Crippen LogP contribution in [0.1, 0.15) is 0 Å². The molecule has 5 nitrogen and oxygen atoms in total. The third-order valence-corrected chi connectivity index (χ3v) is 5.34. The Balaban J connectivity index is 1.96. The van der Waals surface area contributed by atoms with E-state index in [1.54, 1.807) is 24.3 Å². The molecule has 0 unspecified atom stereocenters. The topological polar surface area (TPSA) is 69.6 Å². The fraction of sp³-hybridized carbons (Fsp3) is 0.364. The molecule has 0 aromatic heterocycles. The zero-order valence-electron chi connectivity index (χ0n) is 9.41. The van der Waals surface area contributed by atoms with Crippen molar-refractivity contribution in [3.63, 3.8) is 0 Å². The molecule has 2 N–H and O–H groups in total. The van der Waals surface area contributed by atoms with Crippen molar-refractivity contribution in [1.82, 2.24) is 5.32 Å². The number of phenols is 1. The molecule has 3 rings (SSSR count). The van der Waals surface area contributed by atoms with Crippen LogP contribution in [0.25, 0.3) is 0 Å². The SMILES string of the molecule is O=S1(=O)C[C@@H]2NC(=S)N(c3ccc(O)cc3)[C@@H]2C1. The highest BCUT2D eigenvalue weighted by Gasteiger charge is 2.47. The summed E-state index contributed by atoms with van der Waals surface area (Å²) < 4.78 is 23.3. The number of fused-ring (bicyclic) bond motifs is 1. The molecule has 0 spiro atoms. The van der Waals surface area contributed by atoms with Crippen LogP contribution >= 0.6 is 12.2 Å². The van der Waals surface area contributed by atoms with Crippen LogP contribution in [0.4, 0.5) is 5.69 Å². The third-order valence-electron chi connectivity index (χ3n) is 3.31. The minimum Gasteiger partial charge on any atom is -0.508 e. The number of hydrogen-bond acceptors (Lipinski definition) is 4. The Bertz CT molecular complexity index is 597. The average molecular weight is 284 g/mol. The number of aromatic hydroxyl groups is 1. The summed E-state index contributed by atoms with van der Waals surface area (Å²) in [4.78, 5) is 1.82. The quantitative estimate of drug-likeness (QED) is 0.721. The molecule has 2 aliphatic heterocycles. The van der Waals surface area contributed by atoms with E-state index in [9.17, 15) is 13.5 Å². The number of rotatable bonds is 1. The van der Waals surface area contributed by atoms with Crippen molar-refractivity contribution < 1.29 is 13.5 Å². The summed E-state index contributed by atoms with van der Waals surface area (Å²) in [7, 11) is -2.99. The number of phenolic OH excluding ortho intramolecular Hbond substituents is 1. The number of sulfone groups is 1. The van der Waals surface area contributed by atoms with Gasteiger partial charge in [0, 0.05) is 5.69 Å². The molecule has 1 aromatic carbocycles. The van der Waals surface area contributed by atoms with E-state index in [-0.39, 0.29) is 29.3 Å². The van der Waals surface area contributed by atoms with E-state index in [4.69, 9.17) is 12.2 Å². The molecule has 0 amide bonds. The standard InChI is InChI=1S/C11H12N2O3S2/c14-8-3-1-7(2-4-8)13-10-6-18(15,16)5-9(10)12-11(13)17/h1-4,9-10,14H,5-6H2,(H,12,17)/t9-,10+/m0/s1. The molecule has 0 saturated carbocycles. The molecule has 0 aliphatic carbocycles. The average Bonchev–Trinajstić information content (AvgIpc) is 2.70. The molecule has 2 heterocycles. The number of hydrogen-bond donors (Lipinski definition) is 2. The minimum absolute atomic E-state index is 0.117. The fourth-order valence-corrected chi connectivity index (χ4v) is 4.80. The van der Waals surface area contributed by atoms with Crippen molar-refractivity contribution in [2.45, 2.75) is 12.1 Å². The smallest absolute Gasteiger partial charge is 0.174 e. The van der Waals surface area contributed by atoms with E-state index in [2.05, 4.69) is 5.32 Å². The highest BCUT2D eigenvalue weighted by molar-refractivity contribution is 7.91. The van der Waals surface area contributed by atoms with Crippen LogP contribution in [0.15, 0.2) is 24.3 Å². The van der Waals surface area contributed by atoms with E-state index < -0.39 is 9.84 Å². The molecule has 2 fully saturated rings. The van der Waals surface area contributed by atoms with Gasteiger partial charge in [0.15, 0.2) is 14.9 Å². The van der Waals surface area contributed by atoms with Crippen molar-refractivity contribution >= 4 is 32.9 Å². The predicted octanol–water partition coefficient (Wildman–Crippen LogP) is 0.252. The largest absolute Gasteiger partial charge is 0.508 e. The molecule has 2 atom stereocenters. The van der Waals surface area contributed by atoms with E-state index in [0.29, 0.717) is 5.11 Å². The van der Waals surface area contributed by atoms with Gasteiger partial charge in [-0.3, -0.25) is 0 Å². The third kappa shape index (κ3) is 1.83. The molecule has 96 valence electrons. The van der Waals surface area contributed by atoms with Gasteiger partial charge in [-0.15, -0.1) is 0 Å². The van der Waals surface area contributed by atoms with Gasteiger partial charge >= 0.3 is 0 Å². The molecule has 2 aliphatic rings. The van der Waals surface area contributed by atoms with Crippen LogP contribution in [0, 0.1) is 0 Å². The summed E-state index contributed by atoms with van der Waals surface area (Å²) in [5.74, 6) is 0.422. The van der Waals surface area contributed by atoms with Crippen molar-refractivity contribution in [3.8, 4) is 5.75 Å². The summed E-state index contributed by atoms with van der Waals surface area (Å²) in [6, 6.07) is 6.32. The Morgan fingerprint density at radius 1 is 1.28 bits per heavy atom. The maximum absolute atomic E-state index is 11.6. The molecule has 0 bridgehead atoms. The lowest BCUT2D eigenvalue weighted by molar-refractivity contribution is 0.475. The van der Waals surface area contributed by atoms with Crippen LogP contribution in [-0.4, -0.2) is 42.2 Å². The second-order valence-corrected chi connectivity index (χ2v) is 7.13. The van der Waals surface area contributed by atoms with E-state index >= 15 is 0 Å². The Morgan fingerprint density at radius 3 is 2.61 bits per heavy atom. The first-order valence-electron chi connectivity index (χ1n) is 5.55. The molecular formula is C11H12N2O3S2. The van der Waals surface area contributed by atoms with Crippen LogP contribution in [0.5, 0.6) is 5.75 Å². The van der Waals surface area contributed by atoms with Crippen LogP contribution in [0.2, 0.25) is 0 Å². The van der Waals surface area contributed by atoms with Crippen LogP contribution in [-0.2, 0) is 9.84 Å². The maximum Gasteiger partial charge on any atom is 0.174 e. The van der Waals surface area contributed by atoms with Crippen molar-refractivity contribution in [3.05, 3.63) is 24.3 Å². The van der Waals surface area contributed by atoms with Gasteiger partial charge < -0.3 is 15.3 Å². The van der Waals surface area contributed by atoms with E-state index in [0.717, 1.165) is 5.69 Å². The van der Waals surface area contributed by atoms with Gasteiger partial charge in [-0.05, 0) is 36.5 Å². The minimum atomic E-state index is -2.99. The normalized spacial score (nSPS) is 29.1. The number of thiocarbonyl (C=S) groups is 1. The maximum atomic E-state index is 11.6. The van der Waals surface area contributed by atoms with Gasteiger partial charge in [0.05, 0.1) is 23.6 Å². The van der Waals surface area contributed by atoms with Crippen molar-refractivity contribution in [2.24, 2.45) is 0 Å². The number of nitrogens with zero attached hydrogens (tertiary/aromatic N) is 1. The number of anilines is 1. The van der Waals surface area contributed by atoms with Crippen molar-refractivity contribution in [1.29, 1.82) is 0 Å². The number of nitrogens with one attached hydrogen (secondary N) is 1. The highest BCUT2D eigenvalue weighted by Crippen LogP contribution is 2.30. The monoisotopic (exact) mass is 284 g/mol. The summed E-state index contributed by atoms with van der Waals surface area (Å²) >= 11 is 5.24. The Hall–Kier alpha value is -1.34. The summed E-state index contributed by atoms with van der Waals surface area (Å²) in [6.45, 7) is 0. The van der Waals surface area contributed by atoms with Gasteiger partial charge in [-0.2, -0.15) is 0 Å². The van der Waals surface area contributed by atoms with Gasteiger partial charge in [-0.25, -0.2) is 8.42 Å². The molecule has 2 saturated heterocycles. The van der Waals surface area contributed by atoms with Crippen LogP contribution < -0.4 is 10.2 Å². The fourth-order valence-electron chi connectivity index (χ4n) is 2.52. The lowest BCUT2D eigenvalue weighted by atomic mass is 10.1. The molecule has 7 heteroatoms. The second kappa shape index (κ2) is 3.83. The summed E-state index contributed by atoms with van der Waals surface area (Å²) in [5, 5.41) is 12.9. The summed E-state index contributed by atoms with van der Waals surface area (Å²) in [6.07, 6.45) is 0. The molecule has 18 heavy (non-hydrogen) atoms. The number of benzene rings is 1. The first kappa shape index (κ1) is 11.7. The van der Waals surface area contributed by atoms with E-state index in [1.807, 2.05) is 4.90 Å². The Kier molecular flexibility index (Phi) is 2.49. The molecule has 0 radical (unpaired) electrons. The first-order chi connectivity index (χ1) is 8.46. The van der Waals surface area contributed by atoms with Crippen molar-refractivity contribution in [2.75, 3.05) is 16.4 Å². The predicted molar refractivity (Wildman–Crippen MR) is 72.5 cm³/mol. The molecular weight excluding hydrogens is 272 g/mol. The zero-order chi connectivity index (χ0) is 12.9. The van der Waals surface area contributed by atoms with Gasteiger partial charge in [0.1, 0.15) is 5.75 Å². The van der Waals surface area contributed by atoms with Crippen LogP contribution in [0.3, 0.4) is 0 Å².